The van der Waals surface area contributed by atoms with E-state index in [1.54, 1.807) is 26.2 Å². The summed E-state index contributed by atoms with van der Waals surface area (Å²) in [6, 6.07) is 5.97. The number of hydrogen-bond acceptors (Lipinski definition) is 5. The first kappa shape index (κ1) is 19.0. The van der Waals surface area contributed by atoms with Gasteiger partial charge in [0.25, 0.3) is 0 Å². The molecule has 1 aliphatic heterocycles. The summed E-state index contributed by atoms with van der Waals surface area (Å²) >= 11 is 0. The number of pyridine rings is 1. The minimum absolute atomic E-state index is 0.331. The summed E-state index contributed by atoms with van der Waals surface area (Å²) in [5.41, 5.74) is 2.16. The Morgan fingerprint density at radius 3 is 2.73 bits per heavy atom. The average molecular weight is 378 g/mol. The molecule has 1 N–H and O–H groups in total. The molecule has 0 aliphatic carbocycles. The molecule has 0 bridgehead atoms. The van der Waals surface area contributed by atoms with Gasteiger partial charge < -0.3 is 0 Å². The maximum absolute atomic E-state index is 12.0. The molecule has 142 valence electrons. The lowest BCUT2D eigenvalue weighted by Gasteiger charge is -2.33. The molecular formula is C18H27N5O2S. The maximum Gasteiger partial charge on any atom is 0.213 e. The number of likely N-dealkylation sites (tertiary alicyclic amines) is 1. The first-order valence-corrected chi connectivity index (χ1v) is 10.6. The number of piperidine rings is 1. The van der Waals surface area contributed by atoms with E-state index in [4.69, 9.17) is 0 Å². The summed E-state index contributed by atoms with van der Waals surface area (Å²) in [7, 11) is -3.20. The van der Waals surface area contributed by atoms with Crippen molar-refractivity contribution >= 4 is 10.0 Å². The predicted octanol–water partition coefficient (Wildman–Crippen LogP) is 1.94. The number of rotatable bonds is 7. The van der Waals surface area contributed by atoms with Gasteiger partial charge in [0.15, 0.2) is 0 Å². The third-order valence-electron chi connectivity index (χ3n) is 4.82. The van der Waals surface area contributed by atoms with E-state index in [0.29, 0.717) is 19.1 Å². The molecule has 0 saturated carbocycles. The number of aromatic nitrogens is 3. The van der Waals surface area contributed by atoms with Crippen LogP contribution in [-0.4, -0.2) is 53.0 Å². The fourth-order valence-corrected chi connectivity index (χ4v) is 4.05. The Morgan fingerprint density at radius 2 is 2.00 bits per heavy atom. The highest BCUT2D eigenvalue weighted by Gasteiger charge is 2.23. The van der Waals surface area contributed by atoms with E-state index in [2.05, 4.69) is 19.7 Å². The van der Waals surface area contributed by atoms with Crippen molar-refractivity contribution in [2.45, 2.75) is 38.6 Å². The minimum Gasteiger partial charge on any atom is -0.284 e. The Hall–Kier alpha value is -1.77. The van der Waals surface area contributed by atoms with Crippen molar-refractivity contribution in [1.29, 1.82) is 0 Å². The van der Waals surface area contributed by atoms with Gasteiger partial charge in [-0.3, -0.25) is 14.6 Å². The van der Waals surface area contributed by atoms with Gasteiger partial charge in [-0.2, -0.15) is 5.10 Å². The summed E-state index contributed by atoms with van der Waals surface area (Å²) in [6.45, 7) is 6.49. The second kappa shape index (κ2) is 8.28. The molecule has 0 aromatic carbocycles. The summed E-state index contributed by atoms with van der Waals surface area (Å²) in [5.74, 6) is 0.331. The van der Waals surface area contributed by atoms with Gasteiger partial charge >= 0.3 is 0 Å². The first-order valence-electron chi connectivity index (χ1n) is 9.09. The van der Waals surface area contributed by atoms with Crippen molar-refractivity contribution in [1.82, 2.24) is 24.4 Å². The summed E-state index contributed by atoms with van der Waals surface area (Å²) in [4.78, 5) is 6.41. The van der Waals surface area contributed by atoms with Crippen LogP contribution in [0.3, 0.4) is 0 Å². The van der Waals surface area contributed by atoms with Gasteiger partial charge in [-0.25, -0.2) is 13.1 Å². The molecule has 7 nitrogen and oxygen atoms in total. The van der Waals surface area contributed by atoms with Gasteiger partial charge in [0.2, 0.25) is 10.0 Å². The molecule has 26 heavy (non-hydrogen) atoms. The molecule has 8 heteroatoms. The molecule has 1 aliphatic rings. The number of hydrogen-bond donors (Lipinski definition) is 1. The monoisotopic (exact) mass is 377 g/mol. The van der Waals surface area contributed by atoms with Gasteiger partial charge in [0, 0.05) is 37.2 Å². The minimum atomic E-state index is -3.20. The summed E-state index contributed by atoms with van der Waals surface area (Å²) in [6.07, 6.45) is 7.50. The zero-order valence-corrected chi connectivity index (χ0v) is 16.2. The SMILES string of the molecule is CC(C)S(=O)(=O)NC[C@H]1CCCN(Cn2nccc2-c2ccncc2)C1. The average Bonchev–Trinajstić information content (AvgIpc) is 3.09. The molecule has 0 unspecified atom stereocenters. The number of sulfonamides is 1. The molecular weight excluding hydrogens is 350 g/mol. The number of nitrogens with zero attached hydrogens (tertiary/aromatic N) is 4. The van der Waals surface area contributed by atoms with E-state index >= 15 is 0 Å². The van der Waals surface area contributed by atoms with Crippen molar-refractivity contribution < 1.29 is 8.42 Å². The van der Waals surface area contributed by atoms with Gasteiger partial charge in [-0.1, -0.05) is 0 Å². The van der Waals surface area contributed by atoms with Crippen LogP contribution in [0.5, 0.6) is 0 Å². The molecule has 0 amide bonds. The van der Waals surface area contributed by atoms with E-state index in [9.17, 15) is 8.42 Å². The van der Waals surface area contributed by atoms with Crippen molar-refractivity contribution in [3.05, 3.63) is 36.8 Å². The molecule has 1 saturated heterocycles. The van der Waals surface area contributed by atoms with Gasteiger partial charge in [-0.15, -0.1) is 0 Å². The van der Waals surface area contributed by atoms with E-state index in [-0.39, 0.29) is 0 Å². The van der Waals surface area contributed by atoms with Crippen LogP contribution in [0.25, 0.3) is 11.3 Å². The van der Waals surface area contributed by atoms with E-state index in [1.807, 2.05) is 29.1 Å². The zero-order chi connectivity index (χ0) is 18.6. The summed E-state index contributed by atoms with van der Waals surface area (Å²) in [5, 5.41) is 4.07. The molecule has 2 aromatic rings. The van der Waals surface area contributed by atoms with Crippen molar-refractivity contribution in [3.8, 4) is 11.3 Å². The Labute approximate surface area is 155 Å². The molecule has 2 aromatic heterocycles. The van der Waals surface area contributed by atoms with Crippen LogP contribution < -0.4 is 4.72 Å². The molecule has 0 spiro atoms. The summed E-state index contributed by atoms with van der Waals surface area (Å²) < 4.78 is 28.7. The molecule has 3 rings (SSSR count). The maximum atomic E-state index is 12.0. The third-order valence-corrected chi connectivity index (χ3v) is 6.63. The van der Waals surface area contributed by atoms with Crippen LogP contribution in [0.4, 0.5) is 0 Å². The van der Waals surface area contributed by atoms with Crippen LogP contribution in [-0.2, 0) is 16.7 Å². The molecule has 3 heterocycles. The second-order valence-corrected chi connectivity index (χ2v) is 9.44. The normalized spacial score (nSPS) is 19.1. The standard InChI is InChI=1S/C18H27N5O2S/c1-15(2)26(24,25)21-12-16-4-3-11-22(13-16)14-23-18(7-10-20-23)17-5-8-19-9-6-17/h5-10,15-16,21H,3-4,11-14H2,1-2H3/t16-/m1/s1. The smallest absolute Gasteiger partial charge is 0.213 e. The van der Waals surface area contributed by atoms with Crippen molar-refractivity contribution in [2.24, 2.45) is 5.92 Å². The van der Waals surface area contributed by atoms with Gasteiger partial charge in [-0.05, 0) is 57.4 Å². The van der Waals surface area contributed by atoms with Crippen LogP contribution in [0, 0.1) is 5.92 Å². The fourth-order valence-electron chi connectivity index (χ4n) is 3.25. The van der Waals surface area contributed by atoms with E-state index < -0.39 is 15.3 Å². The van der Waals surface area contributed by atoms with Crippen molar-refractivity contribution in [2.75, 3.05) is 19.6 Å². The van der Waals surface area contributed by atoms with Crippen LogP contribution in [0.2, 0.25) is 0 Å². The van der Waals surface area contributed by atoms with Crippen molar-refractivity contribution in [3.63, 3.8) is 0 Å². The molecule has 0 radical (unpaired) electrons. The predicted molar refractivity (Wildman–Crippen MR) is 102 cm³/mol. The first-order chi connectivity index (χ1) is 12.5. The quantitative estimate of drug-likeness (QED) is 0.798. The van der Waals surface area contributed by atoms with Gasteiger partial charge in [0.05, 0.1) is 17.6 Å². The highest BCUT2D eigenvalue weighted by atomic mass is 32.2. The van der Waals surface area contributed by atoms with Crippen LogP contribution >= 0.6 is 0 Å². The Bertz CT molecular complexity index is 804. The third kappa shape index (κ3) is 4.69. The lowest BCUT2D eigenvalue weighted by Crippen LogP contribution is -2.42. The lowest BCUT2D eigenvalue weighted by atomic mass is 9.99. The molecule has 1 fully saturated rings. The van der Waals surface area contributed by atoms with Crippen LogP contribution in [0.15, 0.2) is 36.8 Å². The molecule has 1 atom stereocenters. The Morgan fingerprint density at radius 1 is 1.23 bits per heavy atom. The Balaban J connectivity index is 1.61. The Kier molecular flexibility index (Phi) is 6.05. The van der Waals surface area contributed by atoms with Gasteiger partial charge in [0.1, 0.15) is 0 Å². The second-order valence-electron chi connectivity index (χ2n) is 7.12. The highest BCUT2D eigenvalue weighted by Crippen LogP contribution is 2.21. The lowest BCUT2D eigenvalue weighted by molar-refractivity contribution is 0.134. The fraction of sp³-hybridized carbons (Fsp3) is 0.556. The zero-order valence-electron chi connectivity index (χ0n) is 15.4. The van der Waals surface area contributed by atoms with Crippen LogP contribution in [0.1, 0.15) is 26.7 Å². The largest absolute Gasteiger partial charge is 0.284 e. The topological polar surface area (TPSA) is 80.1 Å². The highest BCUT2D eigenvalue weighted by molar-refractivity contribution is 7.90. The van der Waals surface area contributed by atoms with E-state index in [0.717, 1.165) is 37.2 Å². The number of nitrogens with one attached hydrogen (secondary N) is 1. The van der Waals surface area contributed by atoms with E-state index in [1.165, 1.54) is 0 Å².